The molecule has 1 N–H and O–H groups in total. The van der Waals surface area contributed by atoms with E-state index in [1.165, 1.54) is 12.1 Å². The second kappa shape index (κ2) is 5.72. The number of carbonyl (C=O) groups is 2. The highest BCUT2D eigenvalue weighted by atomic mass is 31.2. The van der Waals surface area contributed by atoms with Crippen molar-refractivity contribution in [1.29, 1.82) is 0 Å². The van der Waals surface area contributed by atoms with Crippen LogP contribution in [0.25, 0.3) is 0 Å². The largest absolute Gasteiger partial charge is 0.418 e. The number of benzene rings is 1. The molecule has 7 heteroatoms. The van der Waals surface area contributed by atoms with E-state index in [1.807, 2.05) is 5.32 Å². The molecule has 0 spiro atoms. The number of imide groups is 1. The highest BCUT2D eigenvalue weighted by Crippen LogP contribution is 2.46. The van der Waals surface area contributed by atoms with Gasteiger partial charge in [0.1, 0.15) is 0 Å². The fraction of sp³-hybridized carbons (Fsp3) is 0.200. The molecule has 0 unspecified atom stereocenters. The van der Waals surface area contributed by atoms with Gasteiger partial charge in [-0.05, 0) is 12.1 Å². The molecule has 0 atom stereocenters. The van der Waals surface area contributed by atoms with Crippen molar-refractivity contribution < 1.29 is 23.2 Å². The first-order valence-corrected chi connectivity index (χ1v) is 6.20. The van der Waals surface area contributed by atoms with Gasteiger partial charge in [0.05, 0.1) is 0 Å². The molecular formula is C10H12NO5P. The van der Waals surface area contributed by atoms with E-state index in [4.69, 9.17) is 0 Å². The van der Waals surface area contributed by atoms with Gasteiger partial charge in [0.25, 0.3) is 5.91 Å². The Morgan fingerprint density at radius 3 is 2.12 bits per heavy atom. The molecule has 0 fully saturated rings. The molecule has 92 valence electrons. The van der Waals surface area contributed by atoms with Crippen LogP contribution in [0, 0.1) is 0 Å². The SMILES string of the molecule is COP(=O)(OC)C(=O)NC(=O)c1ccccc1. The van der Waals surface area contributed by atoms with Crippen molar-refractivity contribution in [1.82, 2.24) is 5.32 Å². The standard InChI is InChI=1S/C10H12NO5P/c1-15-17(14,16-2)10(13)11-9(12)8-6-4-3-5-7-8/h3-7H,1-2H3,(H,11,12,13). The summed E-state index contributed by atoms with van der Waals surface area (Å²) in [6.45, 7) is 0. The van der Waals surface area contributed by atoms with Crippen molar-refractivity contribution in [3.63, 3.8) is 0 Å². The Balaban J connectivity index is 2.77. The van der Waals surface area contributed by atoms with Gasteiger partial charge < -0.3 is 9.05 Å². The third kappa shape index (κ3) is 3.23. The van der Waals surface area contributed by atoms with Crippen LogP contribution < -0.4 is 5.32 Å². The normalized spacial score (nSPS) is 10.9. The molecule has 6 nitrogen and oxygen atoms in total. The van der Waals surface area contributed by atoms with Crippen LogP contribution in [0.5, 0.6) is 0 Å². The van der Waals surface area contributed by atoms with Gasteiger partial charge >= 0.3 is 13.2 Å². The van der Waals surface area contributed by atoms with Crippen molar-refractivity contribution in [3.8, 4) is 0 Å². The third-order valence-electron chi connectivity index (χ3n) is 1.99. The van der Waals surface area contributed by atoms with Gasteiger partial charge in [-0.1, -0.05) is 18.2 Å². The molecular weight excluding hydrogens is 245 g/mol. The van der Waals surface area contributed by atoms with Crippen LogP contribution in [0.3, 0.4) is 0 Å². The third-order valence-corrected chi connectivity index (χ3v) is 3.56. The molecule has 0 bridgehead atoms. The number of carbonyl (C=O) groups excluding carboxylic acids is 2. The van der Waals surface area contributed by atoms with Crippen LogP contribution in [0.15, 0.2) is 30.3 Å². The van der Waals surface area contributed by atoms with E-state index >= 15 is 0 Å². The van der Waals surface area contributed by atoms with Gasteiger partial charge in [-0.15, -0.1) is 0 Å². The highest BCUT2D eigenvalue weighted by molar-refractivity contribution is 7.71. The molecule has 0 aliphatic rings. The maximum atomic E-state index is 11.6. The summed E-state index contributed by atoms with van der Waals surface area (Å²) in [6.07, 6.45) is 0. The molecule has 1 aromatic carbocycles. The molecule has 0 aromatic heterocycles. The van der Waals surface area contributed by atoms with Crippen LogP contribution in [-0.2, 0) is 13.6 Å². The Morgan fingerprint density at radius 2 is 1.65 bits per heavy atom. The first kappa shape index (κ1) is 13.6. The highest BCUT2D eigenvalue weighted by Gasteiger charge is 2.33. The minimum Gasteiger partial charge on any atom is -0.305 e. The molecule has 0 aliphatic heterocycles. The zero-order chi connectivity index (χ0) is 12.9. The van der Waals surface area contributed by atoms with E-state index in [0.717, 1.165) is 14.2 Å². The summed E-state index contributed by atoms with van der Waals surface area (Å²) in [5.74, 6) is -0.662. The molecule has 0 heterocycles. The average molecular weight is 257 g/mol. The van der Waals surface area contributed by atoms with Gasteiger partial charge in [0.2, 0.25) is 0 Å². The Bertz CT molecular complexity index is 451. The molecule has 17 heavy (non-hydrogen) atoms. The Kier molecular flexibility index (Phi) is 4.57. The van der Waals surface area contributed by atoms with Crippen LogP contribution in [-0.4, -0.2) is 25.8 Å². The minimum atomic E-state index is -3.92. The second-order valence-corrected chi connectivity index (χ2v) is 5.12. The van der Waals surface area contributed by atoms with E-state index in [2.05, 4.69) is 9.05 Å². The lowest BCUT2D eigenvalue weighted by molar-refractivity contribution is 0.0966. The monoisotopic (exact) mass is 257 g/mol. The summed E-state index contributed by atoms with van der Waals surface area (Å²) in [7, 11) is -1.78. The number of hydrogen-bond acceptors (Lipinski definition) is 5. The molecule has 2 amide bonds. The summed E-state index contributed by atoms with van der Waals surface area (Å²) in [4.78, 5) is 23.0. The summed E-state index contributed by atoms with van der Waals surface area (Å²) in [5.41, 5.74) is -0.809. The fourth-order valence-corrected chi connectivity index (χ4v) is 1.79. The van der Waals surface area contributed by atoms with E-state index in [9.17, 15) is 14.2 Å². The number of nitrogens with one attached hydrogen (secondary N) is 1. The predicted octanol–water partition coefficient (Wildman–Crippen LogP) is 2.02. The lowest BCUT2D eigenvalue weighted by Gasteiger charge is -2.12. The summed E-state index contributed by atoms with van der Waals surface area (Å²) in [6, 6.07) is 8.06. The van der Waals surface area contributed by atoms with Crippen molar-refractivity contribution in [3.05, 3.63) is 35.9 Å². The second-order valence-electron chi connectivity index (χ2n) is 2.99. The average Bonchev–Trinajstić information content (AvgIpc) is 2.38. The molecule has 1 aromatic rings. The first-order valence-electron chi connectivity index (χ1n) is 4.66. The molecule has 0 aliphatic carbocycles. The van der Waals surface area contributed by atoms with Crippen LogP contribution in [0.1, 0.15) is 10.4 Å². The maximum Gasteiger partial charge on any atom is 0.418 e. The molecule has 0 saturated heterocycles. The zero-order valence-electron chi connectivity index (χ0n) is 9.38. The van der Waals surface area contributed by atoms with Gasteiger partial charge in [-0.2, -0.15) is 0 Å². The van der Waals surface area contributed by atoms with E-state index in [0.29, 0.717) is 0 Å². The van der Waals surface area contributed by atoms with Crippen molar-refractivity contribution in [2.75, 3.05) is 14.2 Å². The van der Waals surface area contributed by atoms with Gasteiger partial charge in [-0.25, -0.2) is 4.57 Å². The summed E-state index contributed by atoms with van der Waals surface area (Å²) < 4.78 is 20.5. The molecule has 0 saturated carbocycles. The zero-order valence-corrected chi connectivity index (χ0v) is 10.3. The van der Waals surface area contributed by atoms with Gasteiger partial charge in [0.15, 0.2) is 0 Å². The van der Waals surface area contributed by atoms with Crippen LogP contribution in [0.4, 0.5) is 4.79 Å². The van der Waals surface area contributed by atoms with E-state index in [-0.39, 0.29) is 5.56 Å². The van der Waals surface area contributed by atoms with Gasteiger partial charge in [0, 0.05) is 19.8 Å². The topological polar surface area (TPSA) is 81.7 Å². The Labute approximate surface area is 98.5 Å². The lowest BCUT2D eigenvalue weighted by atomic mass is 10.2. The smallest absolute Gasteiger partial charge is 0.305 e. The number of amides is 2. The Morgan fingerprint density at radius 1 is 1.12 bits per heavy atom. The van der Waals surface area contributed by atoms with Crippen molar-refractivity contribution in [2.45, 2.75) is 0 Å². The summed E-state index contributed by atoms with van der Waals surface area (Å²) in [5, 5.41) is 1.95. The summed E-state index contributed by atoms with van der Waals surface area (Å²) >= 11 is 0. The Hall–Kier alpha value is -1.49. The lowest BCUT2D eigenvalue weighted by Crippen LogP contribution is -2.29. The van der Waals surface area contributed by atoms with Crippen molar-refractivity contribution in [2.24, 2.45) is 0 Å². The van der Waals surface area contributed by atoms with E-state index < -0.39 is 19.2 Å². The molecule has 1 rings (SSSR count). The quantitative estimate of drug-likeness (QED) is 0.834. The molecule has 0 radical (unpaired) electrons. The first-order chi connectivity index (χ1) is 8.03. The predicted molar refractivity (Wildman–Crippen MR) is 60.9 cm³/mol. The number of rotatable bonds is 4. The van der Waals surface area contributed by atoms with Crippen LogP contribution in [0.2, 0.25) is 0 Å². The maximum absolute atomic E-state index is 11.6. The van der Waals surface area contributed by atoms with Crippen LogP contribution >= 0.6 is 7.60 Å². The minimum absolute atomic E-state index is 0.277. The van der Waals surface area contributed by atoms with Crippen molar-refractivity contribution >= 4 is 19.2 Å². The fourth-order valence-electron chi connectivity index (χ4n) is 1.07. The number of hydrogen-bond donors (Lipinski definition) is 1. The van der Waals surface area contributed by atoms with Gasteiger partial charge in [-0.3, -0.25) is 14.9 Å². The van der Waals surface area contributed by atoms with E-state index in [1.54, 1.807) is 18.2 Å².